The van der Waals surface area contributed by atoms with E-state index in [0.717, 1.165) is 39.6 Å². The number of nitrogens with zero attached hydrogens (tertiary/aromatic N) is 2. The SMILES string of the molecule is CCc1ccc(-c2ccc3nccc(Nc4cccc5[nH]ncc45)c3c2)cc1. The van der Waals surface area contributed by atoms with Crippen LogP contribution in [0.15, 0.2) is 79.1 Å². The molecule has 2 N–H and O–H groups in total. The van der Waals surface area contributed by atoms with Crippen molar-refractivity contribution in [3.8, 4) is 11.1 Å². The quantitative estimate of drug-likeness (QED) is 0.406. The first-order chi connectivity index (χ1) is 13.8. The maximum Gasteiger partial charge on any atom is 0.0723 e. The number of aryl methyl sites for hydroxylation is 1. The standard InChI is InChI=1S/C24H20N4/c1-2-16-6-8-17(9-7-16)18-10-11-21-19(14-18)23(12-13-25-21)27-22-4-3-5-24-20(22)15-26-28-24/h3-15H,2H2,1H3,(H,25,27)(H,26,28). The van der Waals surface area contributed by atoms with Crippen molar-refractivity contribution < 1.29 is 0 Å². The van der Waals surface area contributed by atoms with Crippen molar-refractivity contribution in [3.05, 3.63) is 84.7 Å². The van der Waals surface area contributed by atoms with Crippen molar-refractivity contribution >= 4 is 33.2 Å². The van der Waals surface area contributed by atoms with E-state index in [4.69, 9.17) is 0 Å². The van der Waals surface area contributed by atoms with Gasteiger partial charge in [-0.05, 0) is 53.4 Å². The summed E-state index contributed by atoms with van der Waals surface area (Å²) in [5, 5.41) is 12.9. The fourth-order valence-corrected chi connectivity index (χ4v) is 3.59. The molecule has 4 heteroatoms. The molecular formula is C24H20N4. The predicted molar refractivity (Wildman–Crippen MR) is 116 cm³/mol. The third-order valence-electron chi connectivity index (χ3n) is 5.19. The van der Waals surface area contributed by atoms with Gasteiger partial charge in [-0.15, -0.1) is 0 Å². The second kappa shape index (κ2) is 6.82. The molecule has 0 aliphatic carbocycles. The van der Waals surface area contributed by atoms with E-state index in [1.165, 1.54) is 16.7 Å². The highest BCUT2D eigenvalue weighted by atomic mass is 15.1. The number of H-pyrrole nitrogens is 1. The summed E-state index contributed by atoms with van der Waals surface area (Å²) in [7, 11) is 0. The fourth-order valence-electron chi connectivity index (χ4n) is 3.59. The molecular weight excluding hydrogens is 344 g/mol. The van der Waals surface area contributed by atoms with Gasteiger partial charge in [0.15, 0.2) is 0 Å². The summed E-state index contributed by atoms with van der Waals surface area (Å²) < 4.78 is 0. The lowest BCUT2D eigenvalue weighted by Gasteiger charge is -2.12. The van der Waals surface area contributed by atoms with Gasteiger partial charge in [0.05, 0.1) is 17.2 Å². The number of hydrogen-bond donors (Lipinski definition) is 2. The molecule has 0 aliphatic rings. The van der Waals surface area contributed by atoms with E-state index in [-0.39, 0.29) is 0 Å². The van der Waals surface area contributed by atoms with Crippen LogP contribution < -0.4 is 5.32 Å². The molecule has 0 spiro atoms. The van der Waals surface area contributed by atoms with Gasteiger partial charge >= 0.3 is 0 Å². The van der Waals surface area contributed by atoms with Crippen LogP contribution in [0.2, 0.25) is 0 Å². The zero-order chi connectivity index (χ0) is 18.9. The van der Waals surface area contributed by atoms with E-state index >= 15 is 0 Å². The molecule has 5 rings (SSSR count). The number of aromatic amines is 1. The first-order valence-electron chi connectivity index (χ1n) is 9.49. The molecule has 4 nitrogen and oxygen atoms in total. The summed E-state index contributed by atoms with van der Waals surface area (Å²) in [6.45, 7) is 2.18. The van der Waals surface area contributed by atoms with Gasteiger partial charge in [0, 0.05) is 28.3 Å². The molecule has 0 amide bonds. The van der Waals surface area contributed by atoms with Crippen LogP contribution in [0.4, 0.5) is 11.4 Å². The van der Waals surface area contributed by atoms with Crippen LogP contribution in [0.5, 0.6) is 0 Å². The zero-order valence-electron chi connectivity index (χ0n) is 15.6. The third-order valence-corrected chi connectivity index (χ3v) is 5.19. The summed E-state index contributed by atoms with van der Waals surface area (Å²) in [6, 6.07) is 23.3. The van der Waals surface area contributed by atoms with Crippen molar-refractivity contribution in [2.24, 2.45) is 0 Å². The molecule has 0 saturated carbocycles. The highest BCUT2D eigenvalue weighted by molar-refractivity contribution is 5.99. The normalized spacial score (nSPS) is 11.2. The Bertz CT molecular complexity index is 1270. The zero-order valence-corrected chi connectivity index (χ0v) is 15.6. The van der Waals surface area contributed by atoms with E-state index in [1.54, 1.807) is 0 Å². The minimum absolute atomic E-state index is 0.971. The minimum Gasteiger partial charge on any atom is -0.354 e. The first-order valence-corrected chi connectivity index (χ1v) is 9.49. The highest BCUT2D eigenvalue weighted by Gasteiger charge is 2.08. The largest absolute Gasteiger partial charge is 0.354 e. The van der Waals surface area contributed by atoms with Gasteiger partial charge in [-0.25, -0.2) is 0 Å². The molecule has 5 aromatic rings. The summed E-state index contributed by atoms with van der Waals surface area (Å²) in [4.78, 5) is 4.54. The van der Waals surface area contributed by atoms with Crippen molar-refractivity contribution in [2.45, 2.75) is 13.3 Å². The molecule has 136 valence electrons. The van der Waals surface area contributed by atoms with E-state index in [1.807, 2.05) is 30.6 Å². The Balaban J connectivity index is 1.59. The Labute approximate surface area is 163 Å². The maximum atomic E-state index is 4.54. The topological polar surface area (TPSA) is 53.6 Å². The molecule has 0 aliphatic heterocycles. The van der Waals surface area contributed by atoms with Gasteiger partial charge in [0.1, 0.15) is 0 Å². The number of nitrogens with one attached hydrogen (secondary N) is 2. The third kappa shape index (κ3) is 2.89. The molecule has 0 radical (unpaired) electrons. The van der Waals surface area contributed by atoms with Gasteiger partial charge in [-0.2, -0.15) is 5.10 Å². The average molecular weight is 364 g/mol. The van der Waals surface area contributed by atoms with Gasteiger partial charge in [0.25, 0.3) is 0 Å². The van der Waals surface area contributed by atoms with Crippen molar-refractivity contribution in [1.29, 1.82) is 0 Å². The van der Waals surface area contributed by atoms with Gasteiger partial charge in [-0.1, -0.05) is 43.3 Å². The summed E-state index contributed by atoms with van der Waals surface area (Å²) in [5.41, 5.74) is 7.79. The first kappa shape index (κ1) is 16.5. The maximum absolute atomic E-state index is 4.54. The number of pyridine rings is 1. The molecule has 0 bridgehead atoms. The summed E-state index contributed by atoms with van der Waals surface area (Å²) in [5.74, 6) is 0. The number of benzene rings is 3. The second-order valence-corrected chi connectivity index (χ2v) is 6.90. The van der Waals surface area contributed by atoms with E-state index < -0.39 is 0 Å². The molecule has 0 saturated heterocycles. The monoisotopic (exact) mass is 364 g/mol. The Hall–Kier alpha value is -3.66. The average Bonchev–Trinajstić information content (AvgIpc) is 3.24. The van der Waals surface area contributed by atoms with Crippen LogP contribution in [-0.2, 0) is 6.42 Å². The molecule has 3 aromatic carbocycles. The van der Waals surface area contributed by atoms with Crippen molar-refractivity contribution in [2.75, 3.05) is 5.32 Å². The molecule has 0 atom stereocenters. The van der Waals surface area contributed by atoms with Gasteiger partial charge in [0.2, 0.25) is 0 Å². The predicted octanol–water partition coefficient (Wildman–Crippen LogP) is 6.08. The van der Waals surface area contributed by atoms with E-state index in [2.05, 4.69) is 76.0 Å². The van der Waals surface area contributed by atoms with Crippen LogP contribution in [-0.4, -0.2) is 15.2 Å². The molecule has 0 unspecified atom stereocenters. The number of fused-ring (bicyclic) bond motifs is 2. The summed E-state index contributed by atoms with van der Waals surface area (Å²) in [6.07, 6.45) is 4.74. The minimum atomic E-state index is 0.971. The Morgan fingerprint density at radius 3 is 2.54 bits per heavy atom. The Morgan fingerprint density at radius 1 is 0.857 bits per heavy atom. The smallest absolute Gasteiger partial charge is 0.0723 e. The van der Waals surface area contributed by atoms with Crippen molar-refractivity contribution in [3.63, 3.8) is 0 Å². The van der Waals surface area contributed by atoms with Crippen LogP contribution in [0.1, 0.15) is 12.5 Å². The van der Waals surface area contributed by atoms with Crippen LogP contribution >= 0.6 is 0 Å². The Morgan fingerprint density at radius 2 is 1.68 bits per heavy atom. The van der Waals surface area contributed by atoms with Crippen LogP contribution in [0.3, 0.4) is 0 Å². The van der Waals surface area contributed by atoms with Gasteiger partial charge < -0.3 is 5.32 Å². The van der Waals surface area contributed by atoms with E-state index in [9.17, 15) is 0 Å². The lowest BCUT2D eigenvalue weighted by Crippen LogP contribution is -1.93. The molecule has 28 heavy (non-hydrogen) atoms. The lowest BCUT2D eigenvalue weighted by molar-refractivity contribution is 1.12. The van der Waals surface area contributed by atoms with Crippen molar-refractivity contribution in [1.82, 2.24) is 15.2 Å². The molecule has 2 aromatic heterocycles. The number of rotatable bonds is 4. The summed E-state index contributed by atoms with van der Waals surface area (Å²) >= 11 is 0. The molecule has 0 fully saturated rings. The molecule has 2 heterocycles. The van der Waals surface area contributed by atoms with Gasteiger partial charge in [-0.3, -0.25) is 10.1 Å². The number of aromatic nitrogens is 3. The second-order valence-electron chi connectivity index (χ2n) is 6.90. The van der Waals surface area contributed by atoms with Crippen LogP contribution in [0.25, 0.3) is 32.9 Å². The fraction of sp³-hybridized carbons (Fsp3) is 0.0833. The lowest BCUT2D eigenvalue weighted by atomic mass is 10.0. The van der Waals surface area contributed by atoms with Crippen LogP contribution in [0, 0.1) is 0 Å². The number of hydrogen-bond acceptors (Lipinski definition) is 3. The number of anilines is 2. The highest BCUT2D eigenvalue weighted by Crippen LogP contribution is 2.32. The van der Waals surface area contributed by atoms with E-state index in [0.29, 0.717) is 0 Å². The Kier molecular flexibility index (Phi) is 4.02.